The molecule has 0 atom stereocenters. The molecule has 3 rings (SSSR count). The lowest BCUT2D eigenvalue weighted by Gasteiger charge is -2.07. The van der Waals surface area contributed by atoms with Crippen molar-refractivity contribution in [1.82, 2.24) is 19.6 Å². The number of hydrogen-bond donors (Lipinski definition) is 1. The lowest BCUT2D eigenvalue weighted by Crippen LogP contribution is -2.13. The summed E-state index contributed by atoms with van der Waals surface area (Å²) in [6.45, 7) is 0.732. The first-order valence-corrected chi connectivity index (χ1v) is 5.34. The van der Waals surface area contributed by atoms with Crippen molar-refractivity contribution in [2.75, 3.05) is 5.43 Å². The Labute approximate surface area is 98.1 Å². The van der Waals surface area contributed by atoms with Gasteiger partial charge >= 0.3 is 0 Å². The maximum Gasteiger partial charge on any atom is 0.181 e. The van der Waals surface area contributed by atoms with Gasteiger partial charge in [-0.3, -0.25) is 0 Å². The number of nitrogens with one attached hydrogen (secondary N) is 1. The Kier molecular flexibility index (Phi) is 2.42. The van der Waals surface area contributed by atoms with Gasteiger partial charge in [0.1, 0.15) is 18.2 Å². The molecule has 0 spiro atoms. The van der Waals surface area contributed by atoms with Crippen molar-refractivity contribution in [3.63, 3.8) is 0 Å². The molecule has 1 aromatic carbocycles. The molecular formula is C12H11N5. The second-order valence-corrected chi connectivity index (χ2v) is 3.67. The van der Waals surface area contributed by atoms with Crippen LogP contribution in [0.2, 0.25) is 0 Å². The standard InChI is InChI=1S/C12H11N5/c1-2-4-10(5-3-1)6-16-17-9-15-11-7-13-8-14-12(11)17/h1-5,7-9,16H,6H2. The van der Waals surface area contributed by atoms with Gasteiger partial charge in [-0.25, -0.2) is 19.6 Å². The van der Waals surface area contributed by atoms with Gasteiger partial charge in [-0.1, -0.05) is 30.3 Å². The largest absolute Gasteiger partial charge is 0.319 e. The minimum atomic E-state index is 0.732. The third-order valence-electron chi connectivity index (χ3n) is 2.51. The van der Waals surface area contributed by atoms with E-state index in [1.54, 1.807) is 12.5 Å². The molecule has 0 aliphatic carbocycles. The number of hydrogen-bond acceptors (Lipinski definition) is 4. The summed E-state index contributed by atoms with van der Waals surface area (Å²) in [6, 6.07) is 10.2. The fraction of sp³-hybridized carbons (Fsp3) is 0.0833. The number of fused-ring (bicyclic) bond motifs is 1. The van der Waals surface area contributed by atoms with Gasteiger partial charge in [0.25, 0.3) is 0 Å². The maximum absolute atomic E-state index is 4.21. The maximum atomic E-state index is 4.21. The Bertz CT molecular complexity index is 617. The normalized spacial score (nSPS) is 10.6. The molecular weight excluding hydrogens is 214 g/mol. The van der Waals surface area contributed by atoms with E-state index in [-0.39, 0.29) is 0 Å². The first-order chi connectivity index (χ1) is 8.43. The molecule has 0 saturated heterocycles. The van der Waals surface area contributed by atoms with Crippen LogP contribution in [-0.4, -0.2) is 19.6 Å². The molecule has 0 aliphatic rings. The van der Waals surface area contributed by atoms with E-state index >= 15 is 0 Å². The Balaban J connectivity index is 1.82. The monoisotopic (exact) mass is 225 g/mol. The summed E-state index contributed by atoms with van der Waals surface area (Å²) >= 11 is 0. The molecule has 3 aromatic rings. The number of benzene rings is 1. The SMILES string of the molecule is c1ccc(CNn2cnc3cncnc32)cc1. The predicted octanol–water partition coefficient (Wildman–Crippen LogP) is 1.57. The Hall–Kier alpha value is -2.43. The van der Waals surface area contributed by atoms with Crippen molar-refractivity contribution in [1.29, 1.82) is 0 Å². The Morgan fingerprint density at radius 3 is 2.88 bits per heavy atom. The molecule has 5 heteroatoms. The van der Waals surface area contributed by atoms with Crippen molar-refractivity contribution < 1.29 is 0 Å². The van der Waals surface area contributed by atoms with Crippen LogP contribution in [0.3, 0.4) is 0 Å². The quantitative estimate of drug-likeness (QED) is 0.735. The van der Waals surface area contributed by atoms with Gasteiger partial charge in [-0.05, 0) is 5.56 Å². The summed E-state index contributed by atoms with van der Waals surface area (Å²) in [7, 11) is 0. The molecule has 17 heavy (non-hydrogen) atoms. The van der Waals surface area contributed by atoms with Gasteiger partial charge in [0.05, 0.1) is 12.7 Å². The third-order valence-corrected chi connectivity index (χ3v) is 2.51. The molecule has 0 radical (unpaired) electrons. The van der Waals surface area contributed by atoms with Gasteiger partial charge in [-0.15, -0.1) is 0 Å². The summed E-state index contributed by atoms with van der Waals surface area (Å²) in [5.41, 5.74) is 6.03. The smallest absolute Gasteiger partial charge is 0.181 e. The van der Waals surface area contributed by atoms with E-state index in [2.05, 4.69) is 32.5 Å². The molecule has 2 heterocycles. The molecule has 0 aliphatic heterocycles. The highest BCUT2D eigenvalue weighted by Crippen LogP contribution is 2.06. The molecule has 1 N–H and O–H groups in total. The van der Waals surface area contributed by atoms with Crippen LogP contribution in [0.4, 0.5) is 0 Å². The van der Waals surface area contributed by atoms with E-state index in [1.807, 2.05) is 22.9 Å². The second kappa shape index (κ2) is 4.21. The summed E-state index contributed by atoms with van der Waals surface area (Å²) in [4.78, 5) is 12.3. The van der Waals surface area contributed by atoms with E-state index < -0.39 is 0 Å². The van der Waals surface area contributed by atoms with E-state index in [4.69, 9.17) is 0 Å². The number of imidazole rings is 1. The molecule has 0 amide bonds. The average Bonchev–Trinajstić information content (AvgIpc) is 2.81. The lowest BCUT2D eigenvalue weighted by molar-refractivity contribution is 0.851. The van der Waals surface area contributed by atoms with Crippen LogP contribution in [0.15, 0.2) is 49.2 Å². The van der Waals surface area contributed by atoms with Crippen molar-refractivity contribution in [3.05, 3.63) is 54.7 Å². The van der Waals surface area contributed by atoms with Crippen LogP contribution >= 0.6 is 0 Å². The number of aromatic nitrogens is 4. The summed E-state index contributed by atoms with van der Waals surface area (Å²) < 4.78 is 1.81. The van der Waals surface area contributed by atoms with Crippen LogP contribution < -0.4 is 5.43 Å². The summed E-state index contributed by atoms with van der Waals surface area (Å²) in [6.07, 6.45) is 4.93. The topological polar surface area (TPSA) is 55.6 Å². The fourth-order valence-electron chi connectivity index (χ4n) is 1.66. The minimum absolute atomic E-state index is 0.732. The zero-order valence-electron chi connectivity index (χ0n) is 9.11. The molecule has 0 fully saturated rings. The molecule has 84 valence electrons. The van der Waals surface area contributed by atoms with E-state index in [0.717, 1.165) is 17.7 Å². The third kappa shape index (κ3) is 1.94. The van der Waals surface area contributed by atoms with Crippen molar-refractivity contribution in [3.8, 4) is 0 Å². The van der Waals surface area contributed by atoms with E-state index in [1.165, 1.54) is 11.9 Å². The lowest BCUT2D eigenvalue weighted by atomic mass is 10.2. The van der Waals surface area contributed by atoms with Gasteiger partial charge in [-0.2, -0.15) is 0 Å². The van der Waals surface area contributed by atoms with E-state index in [0.29, 0.717) is 0 Å². The summed E-state index contributed by atoms with van der Waals surface area (Å²) in [5.74, 6) is 0. The van der Waals surface area contributed by atoms with Crippen LogP contribution in [0.25, 0.3) is 11.2 Å². The van der Waals surface area contributed by atoms with Crippen LogP contribution in [0, 0.1) is 0 Å². The highest BCUT2D eigenvalue weighted by Gasteiger charge is 2.02. The van der Waals surface area contributed by atoms with Gasteiger partial charge < -0.3 is 5.43 Å². The molecule has 0 unspecified atom stereocenters. The van der Waals surface area contributed by atoms with Gasteiger partial charge in [0.2, 0.25) is 0 Å². The Morgan fingerprint density at radius 2 is 2.00 bits per heavy atom. The van der Waals surface area contributed by atoms with Crippen molar-refractivity contribution in [2.24, 2.45) is 0 Å². The first kappa shape index (κ1) is 9.77. The summed E-state index contributed by atoms with van der Waals surface area (Å²) in [5, 5.41) is 0. The highest BCUT2D eigenvalue weighted by atomic mass is 15.4. The van der Waals surface area contributed by atoms with Gasteiger partial charge in [0.15, 0.2) is 5.65 Å². The molecule has 0 saturated carbocycles. The molecule has 0 bridgehead atoms. The second-order valence-electron chi connectivity index (χ2n) is 3.67. The fourth-order valence-corrected chi connectivity index (χ4v) is 1.66. The van der Waals surface area contributed by atoms with Crippen molar-refractivity contribution >= 4 is 11.2 Å². The molecule has 2 aromatic heterocycles. The first-order valence-electron chi connectivity index (χ1n) is 5.34. The van der Waals surface area contributed by atoms with E-state index in [9.17, 15) is 0 Å². The zero-order chi connectivity index (χ0) is 11.5. The van der Waals surface area contributed by atoms with Gasteiger partial charge in [0, 0.05) is 0 Å². The van der Waals surface area contributed by atoms with Crippen LogP contribution in [0.5, 0.6) is 0 Å². The van der Waals surface area contributed by atoms with Crippen LogP contribution in [0.1, 0.15) is 5.56 Å². The zero-order valence-corrected chi connectivity index (χ0v) is 9.11. The Morgan fingerprint density at radius 1 is 1.12 bits per heavy atom. The van der Waals surface area contributed by atoms with Crippen LogP contribution in [-0.2, 0) is 6.54 Å². The predicted molar refractivity (Wildman–Crippen MR) is 64.8 cm³/mol. The number of rotatable bonds is 3. The average molecular weight is 225 g/mol. The van der Waals surface area contributed by atoms with Crippen molar-refractivity contribution in [2.45, 2.75) is 6.54 Å². The minimum Gasteiger partial charge on any atom is -0.319 e. The molecule has 5 nitrogen and oxygen atoms in total. The highest BCUT2D eigenvalue weighted by molar-refractivity contribution is 5.69. The number of nitrogens with zero attached hydrogens (tertiary/aromatic N) is 4.